The van der Waals surface area contributed by atoms with E-state index in [-0.39, 0.29) is 11.6 Å². The molecule has 98 valence electrons. The molecule has 1 aromatic rings. The highest BCUT2D eigenvalue weighted by atomic mass is 16.5. The summed E-state index contributed by atoms with van der Waals surface area (Å²) in [4.78, 5) is 24.3. The van der Waals surface area contributed by atoms with E-state index in [4.69, 9.17) is 9.84 Å². The Morgan fingerprint density at radius 3 is 2.56 bits per heavy atom. The van der Waals surface area contributed by atoms with Crippen molar-refractivity contribution < 1.29 is 19.4 Å². The van der Waals surface area contributed by atoms with E-state index in [1.165, 1.54) is 17.6 Å². The smallest absolute Gasteiger partial charge is 0.352 e. The Balaban J connectivity index is 2.60. The molecule has 1 amide bonds. The fraction of sp³-hybridized carbons (Fsp3) is 0.500. The first-order chi connectivity index (χ1) is 8.23. The standard InChI is InChI=1S/C12H16N2O4/c1-7(15)14-6-12(2,3)18-10-8(14)5-9(11(16)17)13(10)4/h5H,6H2,1-4H3,(H,16,17). The summed E-state index contributed by atoms with van der Waals surface area (Å²) in [7, 11) is 1.61. The van der Waals surface area contributed by atoms with Crippen molar-refractivity contribution in [3.8, 4) is 5.88 Å². The van der Waals surface area contributed by atoms with Gasteiger partial charge in [0.05, 0.1) is 6.54 Å². The largest absolute Gasteiger partial charge is 0.477 e. The van der Waals surface area contributed by atoms with Gasteiger partial charge in [0.1, 0.15) is 17.0 Å². The van der Waals surface area contributed by atoms with Crippen molar-refractivity contribution in [3.63, 3.8) is 0 Å². The van der Waals surface area contributed by atoms with E-state index in [1.807, 2.05) is 13.8 Å². The third-order valence-electron chi connectivity index (χ3n) is 2.96. The lowest BCUT2D eigenvalue weighted by molar-refractivity contribution is -0.117. The van der Waals surface area contributed by atoms with Gasteiger partial charge in [-0.1, -0.05) is 0 Å². The number of carboxylic acids is 1. The summed E-state index contributed by atoms with van der Waals surface area (Å²) in [5.74, 6) is -0.758. The third kappa shape index (κ3) is 1.83. The normalized spacial score (nSPS) is 17.0. The van der Waals surface area contributed by atoms with Gasteiger partial charge in [0.2, 0.25) is 11.8 Å². The molecule has 0 atom stereocenters. The Morgan fingerprint density at radius 1 is 1.44 bits per heavy atom. The van der Waals surface area contributed by atoms with Gasteiger partial charge < -0.3 is 19.3 Å². The van der Waals surface area contributed by atoms with E-state index < -0.39 is 11.6 Å². The number of carboxylic acid groups (broad SMARTS) is 1. The second kappa shape index (κ2) is 3.76. The summed E-state index contributed by atoms with van der Waals surface area (Å²) in [6, 6.07) is 1.47. The number of anilines is 1. The van der Waals surface area contributed by atoms with Crippen molar-refractivity contribution in [1.82, 2.24) is 4.57 Å². The Bertz CT molecular complexity index is 530. The Hall–Kier alpha value is -1.98. The number of aromatic carboxylic acids is 1. The minimum atomic E-state index is -1.04. The number of aromatic nitrogens is 1. The molecule has 1 N–H and O–H groups in total. The number of carbonyl (C=O) groups excluding carboxylic acids is 1. The second-order valence-electron chi connectivity index (χ2n) is 5.05. The molecule has 1 aliphatic heterocycles. The van der Waals surface area contributed by atoms with Crippen molar-refractivity contribution in [2.45, 2.75) is 26.4 Å². The Morgan fingerprint density at radius 2 is 2.06 bits per heavy atom. The molecule has 1 aromatic heterocycles. The summed E-state index contributed by atoms with van der Waals surface area (Å²) in [6.45, 7) is 5.58. The van der Waals surface area contributed by atoms with Crippen molar-refractivity contribution in [2.75, 3.05) is 11.4 Å². The highest BCUT2D eigenvalue weighted by molar-refractivity contribution is 5.96. The van der Waals surface area contributed by atoms with Crippen LogP contribution in [0.15, 0.2) is 6.07 Å². The van der Waals surface area contributed by atoms with E-state index in [2.05, 4.69) is 0 Å². The predicted molar refractivity (Wildman–Crippen MR) is 65.1 cm³/mol. The molecule has 2 rings (SSSR count). The molecule has 6 heteroatoms. The minimum Gasteiger partial charge on any atom is -0.477 e. The molecule has 0 unspecified atom stereocenters. The molecule has 0 saturated carbocycles. The molecule has 0 radical (unpaired) electrons. The van der Waals surface area contributed by atoms with Gasteiger partial charge in [0, 0.05) is 14.0 Å². The molecule has 0 aromatic carbocycles. The monoisotopic (exact) mass is 252 g/mol. The van der Waals surface area contributed by atoms with Gasteiger partial charge >= 0.3 is 5.97 Å². The number of hydrogen-bond acceptors (Lipinski definition) is 3. The van der Waals surface area contributed by atoms with Gasteiger partial charge in [-0.25, -0.2) is 4.79 Å². The molecule has 18 heavy (non-hydrogen) atoms. The molecule has 0 spiro atoms. The fourth-order valence-corrected chi connectivity index (χ4v) is 2.13. The lowest BCUT2D eigenvalue weighted by atomic mass is 10.1. The summed E-state index contributed by atoms with van der Waals surface area (Å²) >= 11 is 0. The number of hydrogen-bond donors (Lipinski definition) is 1. The lowest BCUT2D eigenvalue weighted by Gasteiger charge is -2.38. The van der Waals surface area contributed by atoms with Crippen LogP contribution in [0.1, 0.15) is 31.3 Å². The summed E-state index contributed by atoms with van der Waals surface area (Å²) in [5, 5.41) is 9.09. The molecule has 0 bridgehead atoms. The zero-order chi connectivity index (χ0) is 13.7. The van der Waals surface area contributed by atoms with Crippen LogP contribution >= 0.6 is 0 Å². The molecule has 6 nitrogen and oxygen atoms in total. The second-order valence-corrected chi connectivity index (χ2v) is 5.05. The molecule has 2 heterocycles. The van der Waals surface area contributed by atoms with Crippen molar-refractivity contribution in [3.05, 3.63) is 11.8 Å². The van der Waals surface area contributed by atoms with Crippen LogP contribution in [0, 0.1) is 0 Å². The number of nitrogens with zero attached hydrogens (tertiary/aromatic N) is 2. The van der Waals surface area contributed by atoms with Crippen LogP contribution in [0.4, 0.5) is 5.69 Å². The molecule has 0 aliphatic carbocycles. The summed E-state index contributed by atoms with van der Waals surface area (Å²) < 4.78 is 7.22. The lowest BCUT2D eigenvalue weighted by Crippen LogP contribution is -2.48. The topological polar surface area (TPSA) is 71.8 Å². The average molecular weight is 252 g/mol. The number of rotatable bonds is 1. The molecule has 1 aliphatic rings. The number of fused-ring (bicyclic) bond motifs is 1. The van der Waals surface area contributed by atoms with Gasteiger partial charge in [0.25, 0.3) is 0 Å². The molecular formula is C12H16N2O4. The van der Waals surface area contributed by atoms with Crippen LogP contribution < -0.4 is 9.64 Å². The van der Waals surface area contributed by atoms with E-state index >= 15 is 0 Å². The molecule has 0 fully saturated rings. The predicted octanol–water partition coefficient (Wildman–Crippen LogP) is 1.25. The first-order valence-electron chi connectivity index (χ1n) is 5.63. The van der Waals surface area contributed by atoms with Crippen molar-refractivity contribution in [2.24, 2.45) is 7.05 Å². The highest BCUT2D eigenvalue weighted by Crippen LogP contribution is 2.39. The van der Waals surface area contributed by atoms with Crippen molar-refractivity contribution >= 4 is 17.6 Å². The van der Waals surface area contributed by atoms with Crippen LogP contribution in [0.2, 0.25) is 0 Å². The van der Waals surface area contributed by atoms with Gasteiger partial charge in [-0.3, -0.25) is 4.79 Å². The number of ether oxygens (including phenoxy) is 1. The van der Waals surface area contributed by atoms with Gasteiger partial charge in [0.15, 0.2) is 0 Å². The number of amides is 1. The summed E-state index contributed by atoms with van der Waals surface area (Å²) in [5.41, 5.74) is 0.0753. The maximum Gasteiger partial charge on any atom is 0.352 e. The zero-order valence-corrected chi connectivity index (χ0v) is 10.9. The SMILES string of the molecule is CC(=O)N1CC(C)(C)Oc2c1cc(C(=O)O)n2C. The minimum absolute atomic E-state index is 0.101. The van der Waals surface area contributed by atoms with Crippen LogP contribution in [0.5, 0.6) is 5.88 Å². The van der Waals surface area contributed by atoms with Gasteiger partial charge in [-0.05, 0) is 19.9 Å². The van der Waals surface area contributed by atoms with E-state index in [0.717, 1.165) is 0 Å². The van der Waals surface area contributed by atoms with Gasteiger partial charge in [-0.15, -0.1) is 0 Å². The highest BCUT2D eigenvalue weighted by Gasteiger charge is 2.37. The maximum absolute atomic E-state index is 11.7. The summed E-state index contributed by atoms with van der Waals surface area (Å²) in [6.07, 6.45) is 0. The quantitative estimate of drug-likeness (QED) is 0.816. The Labute approximate surface area is 105 Å². The zero-order valence-electron chi connectivity index (χ0n) is 10.9. The average Bonchev–Trinajstić information content (AvgIpc) is 2.54. The van der Waals surface area contributed by atoms with Crippen LogP contribution in [0.3, 0.4) is 0 Å². The van der Waals surface area contributed by atoms with Crippen molar-refractivity contribution in [1.29, 1.82) is 0 Å². The van der Waals surface area contributed by atoms with E-state index in [1.54, 1.807) is 11.9 Å². The molecule has 0 saturated heterocycles. The maximum atomic E-state index is 11.7. The number of carbonyl (C=O) groups is 2. The van der Waals surface area contributed by atoms with E-state index in [0.29, 0.717) is 18.1 Å². The fourth-order valence-electron chi connectivity index (χ4n) is 2.13. The Kier molecular flexibility index (Phi) is 2.61. The molecular weight excluding hydrogens is 236 g/mol. The van der Waals surface area contributed by atoms with E-state index in [9.17, 15) is 9.59 Å². The van der Waals surface area contributed by atoms with Gasteiger partial charge in [-0.2, -0.15) is 0 Å². The van der Waals surface area contributed by atoms with Crippen LogP contribution in [-0.2, 0) is 11.8 Å². The first kappa shape index (κ1) is 12.5. The third-order valence-corrected chi connectivity index (χ3v) is 2.96. The van der Waals surface area contributed by atoms with Crippen LogP contribution in [-0.4, -0.2) is 33.7 Å². The van der Waals surface area contributed by atoms with Crippen LogP contribution in [0.25, 0.3) is 0 Å². The first-order valence-corrected chi connectivity index (χ1v) is 5.63.